The van der Waals surface area contributed by atoms with E-state index in [0.717, 1.165) is 11.1 Å². The molecule has 2 aromatic rings. The zero-order valence-electron chi connectivity index (χ0n) is 11.3. The van der Waals surface area contributed by atoms with Crippen LogP contribution in [0.1, 0.15) is 21.5 Å². The van der Waals surface area contributed by atoms with E-state index >= 15 is 0 Å². The summed E-state index contributed by atoms with van der Waals surface area (Å²) in [5.41, 5.74) is 3.08. The number of fused-ring (bicyclic) bond motifs is 1. The second kappa shape index (κ2) is 7.43. The number of hydrogen-bond acceptors (Lipinski definition) is 1. The molecule has 0 aliphatic carbocycles. The molecule has 116 valence electrons. The molecule has 0 bridgehead atoms. The molecule has 22 heavy (non-hydrogen) atoms. The van der Waals surface area contributed by atoms with Gasteiger partial charge in [0.2, 0.25) is 0 Å². The van der Waals surface area contributed by atoms with E-state index in [1.54, 1.807) is 12.1 Å². The molecule has 6 heteroatoms. The first-order valence-corrected chi connectivity index (χ1v) is 8.66. The molecule has 0 N–H and O–H groups in total. The number of hydrogen-bond donors (Lipinski definition) is 0. The van der Waals surface area contributed by atoms with Crippen molar-refractivity contribution in [3.63, 3.8) is 0 Å². The molecule has 0 saturated heterocycles. The van der Waals surface area contributed by atoms with E-state index in [4.69, 9.17) is 11.6 Å². The lowest BCUT2D eigenvalue weighted by Gasteiger charge is -2.16. The molecule has 0 amide bonds. The molecule has 0 aromatic heterocycles. The standard InChI is InChI=1S/C16H11Br2ClFN.ClH/c17-13-8-21-16(11-3-1-2-4-14(11)20)12-7-9(19)5-6-10(12)15(13)18;/h1-7,13,15H,8H2;1H. The molecule has 0 fully saturated rings. The van der Waals surface area contributed by atoms with E-state index in [0.29, 0.717) is 22.8 Å². The zero-order chi connectivity index (χ0) is 15.0. The predicted molar refractivity (Wildman–Crippen MR) is 100.0 cm³/mol. The second-order valence-corrected chi connectivity index (χ2v) is 7.42. The molecule has 1 heterocycles. The van der Waals surface area contributed by atoms with Gasteiger partial charge in [-0.15, -0.1) is 12.4 Å². The Labute approximate surface area is 156 Å². The van der Waals surface area contributed by atoms with Crippen LogP contribution in [-0.4, -0.2) is 17.1 Å². The summed E-state index contributed by atoms with van der Waals surface area (Å²) in [5.74, 6) is -0.277. The van der Waals surface area contributed by atoms with Crippen LogP contribution in [0.25, 0.3) is 0 Å². The molecule has 2 aromatic carbocycles. The van der Waals surface area contributed by atoms with Gasteiger partial charge in [0.15, 0.2) is 0 Å². The molecular formula is C16H12Br2Cl2FN. The van der Waals surface area contributed by atoms with Crippen LogP contribution in [0.15, 0.2) is 47.5 Å². The highest BCUT2D eigenvalue weighted by Gasteiger charge is 2.27. The van der Waals surface area contributed by atoms with Gasteiger partial charge in [-0.25, -0.2) is 4.39 Å². The van der Waals surface area contributed by atoms with Crippen LogP contribution in [-0.2, 0) is 0 Å². The van der Waals surface area contributed by atoms with Crippen LogP contribution in [0, 0.1) is 5.82 Å². The van der Waals surface area contributed by atoms with Gasteiger partial charge in [0, 0.05) is 16.1 Å². The third-order valence-corrected chi connectivity index (χ3v) is 6.33. The monoisotopic (exact) mass is 465 g/mol. The highest BCUT2D eigenvalue weighted by atomic mass is 79.9. The van der Waals surface area contributed by atoms with Gasteiger partial charge in [0.1, 0.15) is 5.82 Å². The van der Waals surface area contributed by atoms with E-state index in [-0.39, 0.29) is 27.9 Å². The lowest BCUT2D eigenvalue weighted by Crippen LogP contribution is -2.09. The molecule has 0 saturated carbocycles. The van der Waals surface area contributed by atoms with Crippen LogP contribution in [0.4, 0.5) is 4.39 Å². The molecule has 3 rings (SSSR count). The average Bonchev–Trinajstić information content (AvgIpc) is 2.59. The quantitative estimate of drug-likeness (QED) is 0.459. The molecular weight excluding hydrogens is 456 g/mol. The summed E-state index contributed by atoms with van der Waals surface area (Å²) in [4.78, 5) is 4.84. The van der Waals surface area contributed by atoms with Crippen molar-refractivity contribution in [3.05, 3.63) is 70.0 Å². The van der Waals surface area contributed by atoms with Crippen molar-refractivity contribution in [2.75, 3.05) is 6.54 Å². The fourth-order valence-electron chi connectivity index (χ4n) is 2.41. The van der Waals surface area contributed by atoms with Gasteiger partial charge in [0.05, 0.1) is 21.9 Å². The molecule has 1 nitrogen and oxygen atoms in total. The van der Waals surface area contributed by atoms with Crippen molar-refractivity contribution >= 4 is 61.6 Å². The molecule has 1 aliphatic heterocycles. The minimum atomic E-state index is -0.277. The normalized spacial score (nSPS) is 20.5. The third kappa shape index (κ3) is 3.40. The smallest absolute Gasteiger partial charge is 0.132 e. The fraction of sp³-hybridized carbons (Fsp3) is 0.188. The van der Waals surface area contributed by atoms with Crippen molar-refractivity contribution in [1.82, 2.24) is 0 Å². The Morgan fingerprint density at radius 1 is 1.09 bits per heavy atom. The van der Waals surface area contributed by atoms with Crippen LogP contribution in [0.5, 0.6) is 0 Å². The Balaban J connectivity index is 0.00000176. The van der Waals surface area contributed by atoms with Crippen LogP contribution >= 0.6 is 55.9 Å². The first-order valence-electron chi connectivity index (χ1n) is 6.45. The van der Waals surface area contributed by atoms with E-state index < -0.39 is 0 Å². The van der Waals surface area contributed by atoms with Gasteiger partial charge in [-0.2, -0.15) is 0 Å². The highest BCUT2D eigenvalue weighted by molar-refractivity contribution is 9.12. The number of benzene rings is 2. The maximum atomic E-state index is 14.2. The summed E-state index contributed by atoms with van der Waals surface area (Å²) in [6.07, 6.45) is 0. The Hall–Kier alpha value is -0.420. The van der Waals surface area contributed by atoms with Crippen LogP contribution in [0.2, 0.25) is 5.02 Å². The van der Waals surface area contributed by atoms with Gasteiger partial charge in [0.25, 0.3) is 0 Å². The largest absolute Gasteiger partial charge is 0.283 e. The average molecular weight is 468 g/mol. The summed E-state index contributed by atoms with van der Waals surface area (Å²) < 4.78 is 14.2. The van der Waals surface area contributed by atoms with E-state index in [1.165, 1.54) is 6.07 Å². The van der Waals surface area contributed by atoms with E-state index in [1.807, 2.05) is 24.3 Å². The first-order chi connectivity index (χ1) is 10.1. The van der Waals surface area contributed by atoms with Crippen molar-refractivity contribution < 1.29 is 4.39 Å². The number of alkyl halides is 2. The van der Waals surface area contributed by atoms with Gasteiger partial charge in [-0.05, 0) is 29.8 Å². The van der Waals surface area contributed by atoms with Gasteiger partial charge < -0.3 is 0 Å². The predicted octanol–water partition coefficient (Wildman–Crippen LogP) is 5.95. The van der Waals surface area contributed by atoms with Crippen molar-refractivity contribution in [1.29, 1.82) is 0 Å². The molecule has 1 aliphatic rings. The van der Waals surface area contributed by atoms with Gasteiger partial charge >= 0.3 is 0 Å². The summed E-state index contributed by atoms with van der Waals surface area (Å²) in [7, 11) is 0. The summed E-state index contributed by atoms with van der Waals surface area (Å²) in [6, 6.07) is 12.3. The molecule has 0 radical (unpaired) electrons. The lowest BCUT2D eigenvalue weighted by molar-refractivity contribution is 0.625. The summed E-state index contributed by atoms with van der Waals surface area (Å²) in [6.45, 7) is 0.561. The number of aliphatic imine (C=N–C) groups is 1. The Kier molecular flexibility index (Phi) is 6.06. The maximum absolute atomic E-state index is 14.2. The number of nitrogens with zero attached hydrogens (tertiary/aromatic N) is 1. The van der Waals surface area contributed by atoms with Gasteiger partial charge in [-0.1, -0.05) is 61.7 Å². The Bertz CT molecular complexity index is 721. The minimum absolute atomic E-state index is 0. The fourth-order valence-corrected chi connectivity index (χ4v) is 3.58. The van der Waals surface area contributed by atoms with E-state index in [2.05, 4.69) is 36.9 Å². The van der Waals surface area contributed by atoms with E-state index in [9.17, 15) is 4.39 Å². The zero-order valence-corrected chi connectivity index (χ0v) is 16.0. The van der Waals surface area contributed by atoms with Crippen LogP contribution in [0.3, 0.4) is 0 Å². The number of halogens is 5. The summed E-state index contributed by atoms with van der Waals surface area (Å²) >= 11 is 13.4. The Morgan fingerprint density at radius 2 is 1.82 bits per heavy atom. The lowest BCUT2D eigenvalue weighted by atomic mass is 9.96. The molecule has 2 unspecified atom stereocenters. The van der Waals surface area contributed by atoms with Crippen molar-refractivity contribution in [2.45, 2.75) is 9.65 Å². The number of rotatable bonds is 1. The molecule has 0 spiro atoms. The van der Waals surface area contributed by atoms with Crippen LogP contribution < -0.4 is 0 Å². The second-order valence-electron chi connectivity index (χ2n) is 4.82. The maximum Gasteiger partial charge on any atom is 0.132 e. The Morgan fingerprint density at radius 3 is 2.55 bits per heavy atom. The minimum Gasteiger partial charge on any atom is -0.283 e. The first kappa shape index (κ1) is 17.9. The van der Waals surface area contributed by atoms with Crippen molar-refractivity contribution in [3.8, 4) is 0 Å². The topological polar surface area (TPSA) is 12.4 Å². The van der Waals surface area contributed by atoms with Crippen molar-refractivity contribution in [2.24, 2.45) is 4.99 Å². The third-order valence-electron chi connectivity index (χ3n) is 3.44. The highest BCUT2D eigenvalue weighted by Crippen LogP contribution is 2.38. The SMILES string of the molecule is Cl.Fc1ccccc1C1=NCC(Br)C(Br)c2ccc(Cl)cc21. The summed E-state index contributed by atoms with van der Waals surface area (Å²) in [5, 5.41) is 0.616. The van der Waals surface area contributed by atoms with Gasteiger partial charge in [-0.3, -0.25) is 4.99 Å². The molecule has 2 atom stereocenters.